The summed E-state index contributed by atoms with van der Waals surface area (Å²) in [6.07, 6.45) is 0. The molecule has 29 valence electrons. The summed E-state index contributed by atoms with van der Waals surface area (Å²) in [7, 11) is 9.04. The second kappa shape index (κ2) is 23.2. The molecule has 0 saturated carbocycles. The van der Waals surface area contributed by atoms with Gasteiger partial charge in [-0.1, -0.05) is 0 Å². The van der Waals surface area contributed by atoms with Crippen molar-refractivity contribution in [2.75, 3.05) is 0 Å². The molecule has 0 aliphatic rings. The first-order chi connectivity index (χ1) is 2.00. The molecule has 4 heavy (non-hydrogen) atoms. The monoisotopic (exact) mass is 157 g/mol. The zero-order chi connectivity index (χ0) is 4.00. The maximum atomic E-state index is 4.78. The minimum absolute atomic E-state index is 0.778. The predicted molar refractivity (Wildman–Crippen MR) is 20.2 cm³/mol. The molecule has 0 radical (unpaired) electrons. The fraction of sp³-hybridized carbons (Fsp3) is 0. The molecule has 0 atom stereocenters. The van der Waals surface area contributed by atoms with Gasteiger partial charge in [0.15, 0.2) is 0 Å². The summed E-state index contributed by atoms with van der Waals surface area (Å²) in [4.78, 5) is 0. The molecule has 0 aromatic heterocycles. The van der Waals surface area contributed by atoms with Crippen molar-refractivity contribution in [2.24, 2.45) is 0 Å². The van der Waals surface area contributed by atoms with Gasteiger partial charge in [0, 0.05) is 0 Å². The van der Waals surface area contributed by atoms with E-state index in [1.165, 1.54) is 0 Å². The zero-order valence-electron chi connectivity index (χ0n) is 2.07. The van der Waals surface area contributed by atoms with Gasteiger partial charge in [-0.2, -0.15) is 0 Å². The standard InChI is InChI=1S/Al.2ClH.Ni.2H/h;2*1H;;;/q+1;;;+1;;/p-2. The second-order valence-corrected chi connectivity index (χ2v) is 0. The Morgan fingerprint density at radius 1 is 1.25 bits per heavy atom. The Bertz CT molecular complexity index is 6.00. The Labute approximate surface area is 50.1 Å². The van der Waals surface area contributed by atoms with E-state index in [0.29, 0.717) is 0 Å². The van der Waals surface area contributed by atoms with Gasteiger partial charge < -0.3 is 0 Å². The summed E-state index contributed by atoms with van der Waals surface area (Å²) in [6, 6.07) is 0. The second-order valence-electron chi connectivity index (χ2n) is 0. The molecule has 0 fully saturated rings. The van der Waals surface area contributed by atoms with Gasteiger partial charge in [-0.25, -0.2) is 0 Å². The Kier molecular flexibility index (Phi) is 53.1. The number of rotatable bonds is 0. The van der Waals surface area contributed by atoms with E-state index in [9.17, 15) is 0 Å². The van der Waals surface area contributed by atoms with E-state index in [0.717, 1.165) is 15.4 Å². The first-order valence-electron chi connectivity index (χ1n) is 0.497. The molecule has 0 aromatic rings. The Hall–Kier alpha value is 1.61. The molecule has 0 heterocycles. The molecule has 0 aliphatic carbocycles. The van der Waals surface area contributed by atoms with Crippen LogP contribution in [-0.4, -0.2) is 15.4 Å². The molecule has 0 unspecified atom stereocenters. The van der Waals surface area contributed by atoms with Gasteiger partial charge in [-0.15, -0.1) is 0 Å². The molecule has 0 amide bonds. The summed E-state index contributed by atoms with van der Waals surface area (Å²) in [5, 5.41) is 0. The van der Waals surface area contributed by atoms with Crippen molar-refractivity contribution in [3.8, 4) is 0 Å². The topological polar surface area (TPSA) is 0 Å². The molecule has 0 spiro atoms. The molecule has 0 rings (SSSR count). The molecule has 0 bridgehead atoms. The van der Waals surface area contributed by atoms with Crippen LogP contribution >= 0.6 is 20.2 Å². The fourth-order valence-electron chi connectivity index (χ4n) is 0. The third kappa shape index (κ3) is 9.49. The Morgan fingerprint density at radius 3 is 1.25 bits per heavy atom. The van der Waals surface area contributed by atoms with Crippen LogP contribution in [0.2, 0.25) is 0 Å². The van der Waals surface area contributed by atoms with Gasteiger partial charge in [0.25, 0.3) is 0 Å². The van der Waals surface area contributed by atoms with Crippen molar-refractivity contribution in [3.05, 3.63) is 0 Å². The predicted octanol–water partition coefficient (Wildman–Crippen LogP) is 0.460. The quantitative estimate of drug-likeness (QED) is 0.450. The van der Waals surface area contributed by atoms with Crippen molar-refractivity contribution in [2.45, 2.75) is 0 Å². The number of hydrogen-bond donors (Lipinski definition) is 0. The first kappa shape index (κ1) is 9.15. The van der Waals surface area contributed by atoms with E-state index in [4.69, 9.17) is 10.0 Å². The van der Waals surface area contributed by atoms with Gasteiger partial charge >= 0.3 is 40.1 Å². The van der Waals surface area contributed by atoms with Gasteiger partial charge in [-0.05, 0) is 0 Å². The van der Waals surface area contributed by atoms with Gasteiger partial charge in [0.2, 0.25) is 0 Å². The van der Waals surface area contributed by atoms with Crippen LogP contribution in [0.25, 0.3) is 0 Å². The molecule has 0 nitrogen and oxygen atoms in total. The van der Waals surface area contributed by atoms with Crippen molar-refractivity contribution < 1.29 is 14.6 Å². The van der Waals surface area contributed by atoms with E-state index >= 15 is 0 Å². The third-order valence-corrected chi connectivity index (χ3v) is 0. The third-order valence-electron chi connectivity index (χ3n) is 0. The van der Waals surface area contributed by atoms with E-state index in [-0.39, 0.29) is 0 Å². The first-order valence-corrected chi connectivity index (χ1v) is 4.88. The molecule has 0 saturated heterocycles. The van der Waals surface area contributed by atoms with Crippen molar-refractivity contribution in [1.82, 2.24) is 0 Å². The van der Waals surface area contributed by atoms with Crippen LogP contribution in [0, 0.1) is 0 Å². The van der Waals surface area contributed by atoms with E-state index in [2.05, 4.69) is 24.8 Å². The van der Waals surface area contributed by atoms with Gasteiger partial charge in [0.1, 0.15) is 0 Å². The minimum atomic E-state index is 0.778. The van der Waals surface area contributed by atoms with E-state index in [1.807, 2.05) is 0 Å². The molecule has 0 aromatic carbocycles. The van der Waals surface area contributed by atoms with Gasteiger partial charge in [0.05, 0.1) is 0 Å². The van der Waals surface area contributed by atoms with Crippen molar-refractivity contribution >= 4 is 35.6 Å². The van der Waals surface area contributed by atoms with E-state index in [1.54, 1.807) is 0 Å². The van der Waals surface area contributed by atoms with E-state index < -0.39 is 0 Å². The molecular weight excluding hydrogens is 157 g/mol. The summed E-state index contributed by atoms with van der Waals surface area (Å²) in [6.45, 7) is 0. The normalized spacial score (nSPS) is 3.00. The van der Waals surface area contributed by atoms with Crippen LogP contribution in [0.15, 0.2) is 0 Å². The zero-order valence-corrected chi connectivity index (χ0v) is 6.57. The number of hydrogen-bond acceptors (Lipinski definition) is 0. The SMILES string of the molecule is [AlH2][Cl].[Cl][Ni]. The van der Waals surface area contributed by atoms with Crippen LogP contribution in [0.1, 0.15) is 0 Å². The Balaban J connectivity index is 0. The van der Waals surface area contributed by atoms with Crippen molar-refractivity contribution in [1.29, 1.82) is 0 Å². The fourth-order valence-corrected chi connectivity index (χ4v) is 0. The van der Waals surface area contributed by atoms with Gasteiger partial charge in [-0.3, -0.25) is 10.0 Å². The summed E-state index contributed by atoms with van der Waals surface area (Å²) in [5.41, 5.74) is 0. The van der Waals surface area contributed by atoms with Crippen LogP contribution in [0.3, 0.4) is 0 Å². The molecule has 0 N–H and O–H groups in total. The Morgan fingerprint density at radius 2 is 1.25 bits per heavy atom. The van der Waals surface area contributed by atoms with Crippen LogP contribution in [0.5, 0.6) is 0 Å². The molecular formula is H2AlCl2Ni. The summed E-state index contributed by atoms with van der Waals surface area (Å²) >= 11 is 4.12. The molecule has 0 aliphatic heterocycles. The van der Waals surface area contributed by atoms with Crippen LogP contribution < -0.4 is 0 Å². The summed E-state index contributed by atoms with van der Waals surface area (Å²) < 4.78 is 0. The molecule has 4 heteroatoms. The maximum absolute atomic E-state index is 4.78. The number of halogens is 2. The van der Waals surface area contributed by atoms with Crippen LogP contribution in [-0.2, 0) is 14.6 Å². The average molecular weight is 159 g/mol. The van der Waals surface area contributed by atoms with Crippen LogP contribution in [0.4, 0.5) is 0 Å². The van der Waals surface area contributed by atoms with Crippen molar-refractivity contribution in [3.63, 3.8) is 0 Å². The summed E-state index contributed by atoms with van der Waals surface area (Å²) in [5.74, 6) is 0. The average Bonchev–Trinajstić information content (AvgIpc) is 1.50.